The first-order valence-corrected chi connectivity index (χ1v) is 8.05. The van der Waals surface area contributed by atoms with Crippen LogP contribution in [0, 0.1) is 0 Å². The number of rotatable bonds is 4. The normalized spacial score (nSPS) is 25.1. The molecule has 1 aromatic carbocycles. The Morgan fingerprint density at radius 3 is 2.85 bits per heavy atom. The molecule has 0 spiro atoms. The molecule has 2 nitrogen and oxygen atoms in total. The summed E-state index contributed by atoms with van der Waals surface area (Å²) in [5.74, 6) is 0. The molecular weight excluding hydrogens is 244 g/mol. The first kappa shape index (κ1) is 13.8. The van der Waals surface area contributed by atoms with Crippen molar-refractivity contribution >= 4 is 11.4 Å². The summed E-state index contributed by atoms with van der Waals surface area (Å²) in [4.78, 5) is 7.30. The maximum Gasteiger partial charge on any atom is 0.0670 e. The Hall–Kier alpha value is -1.15. The standard InChI is InChI=1S/C18H26N2/c1-20(2)14-8-13-18-12-7-3-4-11-17(18)19-16-10-6-5-9-15(16)18/h5-6,9-10H,3-4,7-8,11-14H2,1-2H3. The first-order valence-electron chi connectivity index (χ1n) is 8.05. The second-order valence-electron chi connectivity index (χ2n) is 6.63. The number of nitrogens with zero attached hydrogens (tertiary/aromatic N) is 2. The molecule has 2 heteroatoms. The van der Waals surface area contributed by atoms with Crippen molar-refractivity contribution in [2.24, 2.45) is 4.99 Å². The molecule has 2 aliphatic rings. The third-order valence-corrected chi connectivity index (χ3v) is 4.95. The van der Waals surface area contributed by atoms with E-state index in [1.54, 1.807) is 0 Å². The Bertz CT molecular complexity index is 504. The lowest BCUT2D eigenvalue weighted by Crippen LogP contribution is -2.33. The van der Waals surface area contributed by atoms with Crippen LogP contribution in [0.3, 0.4) is 0 Å². The summed E-state index contributed by atoms with van der Waals surface area (Å²) in [6, 6.07) is 8.84. The van der Waals surface area contributed by atoms with Crippen molar-refractivity contribution in [1.82, 2.24) is 4.90 Å². The van der Waals surface area contributed by atoms with Crippen molar-refractivity contribution in [3.8, 4) is 0 Å². The molecule has 1 aromatic rings. The van der Waals surface area contributed by atoms with E-state index in [1.165, 1.54) is 68.5 Å². The summed E-state index contributed by atoms with van der Waals surface area (Å²) in [6.07, 6.45) is 9.09. The van der Waals surface area contributed by atoms with Crippen molar-refractivity contribution in [2.75, 3.05) is 20.6 Å². The number of benzene rings is 1. The van der Waals surface area contributed by atoms with Crippen molar-refractivity contribution in [3.05, 3.63) is 29.8 Å². The van der Waals surface area contributed by atoms with Gasteiger partial charge in [-0.1, -0.05) is 31.0 Å². The van der Waals surface area contributed by atoms with Crippen LogP contribution in [0.15, 0.2) is 29.3 Å². The third kappa shape index (κ3) is 2.42. The summed E-state index contributed by atoms with van der Waals surface area (Å²) < 4.78 is 0. The van der Waals surface area contributed by atoms with E-state index in [-0.39, 0.29) is 5.41 Å². The highest BCUT2D eigenvalue weighted by Gasteiger charge is 2.42. The van der Waals surface area contributed by atoms with Gasteiger partial charge in [0.1, 0.15) is 0 Å². The molecule has 1 atom stereocenters. The molecule has 0 saturated heterocycles. The maximum atomic E-state index is 5.01. The number of aliphatic imine (C=N–C) groups is 1. The smallest absolute Gasteiger partial charge is 0.0670 e. The van der Waals surface area contributed by atoms with Gasteiger partial charge in [0.2, 0.25) is 0 Å². The molecule has 1 saturated carbocycles. The summed E-state index contributed by atoms with van der Waals surface area (Å²) >= 11 is 0. The van der Waals surface area contributed by atoms with Crippen molar-refractivity contribution < 1.29 is 0 Å². The summed E-state index contributed by atoms with van der Waals surface area (Å²) in [6.45, 7) is 1.18. The van der Waals surface area contributed by atoms with Gasteiger partial charge in [-0.25, -0.2) is 0 Å². The van der Waals surface area contributed by atoms with Gasteiger partial charge in [-0.05, 0) is 64.4 Å². The van der Waals surface area contributed by atoms with E-state index in [1.807, 2.05) is 0 Å². The molecule has 0 N–H and O–H groups in total. The SMILES string of the molecule is CN(C)CCCC12CCCCCC1=Nc1ccccc12. The maximum absolute atomic E-state index is 5.01. The Morgan fingerprint density at radius 1 is 1.15 bits per heavy atom. The van der Waals surface area contributed by atoms with Crippen LogP contribution >= 0.6 is 0 Å². The minimum Gasteiger partial charge on any atom is -0.309 e. The van der Waals surface area contributed by atoms with Gasteiger partial charge in [-0.2, -0.15) is 0 Å². The minimum absolute atomic E-state index is 0.267. The summed E-state index contributed by atoms with van der Waals surface area (Å²) in [5, 5.41) is 0. The van der Waals surface area contributed by atoms with E-state index in [4.69, 9.17) is 4.99 Å². The molecular formula is C18H26N2. The second-order valence-corrected chi connectivity index (χ2v) is 6.63. The van der Waals surface area contributed by atoms with E-state index >= 15 is 0 Å². The Morgan fingerprint density at radius 2 is 2.00 bits per heavy atom. The molecule has 0 amide bonds. The lowest BCUT2D eigenvalue weighted by Gasteiger charge is -2.31. The first-order chi connectivity index (χ1) is 9.72. The zero-order valence-corrected chi connectivity index (χ0v) is 12.9. The molecule has 20 heavy (non-hydrogen) atoms. The predicted octanol–water partition coefficient (Wildman–Crippen LogP) is 4.32. The third-order valence-electron chi connectivity index (χ3n) is 4.95. The van der Waals surface area contributed by atoms with Gasteiger partial charge >= 0.3 is 0 Å². The molecule has 1 aliphatic carbocycles. The monoisotopic (exact) mass is 270 g/mol. The predicted molar refractivity (Wildman–Crippen MR) is 86.1 cm³/mol. The fourth-order valence-electron chi connectivity index (χ4n) is 3.95. The van der Waals surface area contributed by atoms with Crippen LogP contribution in [0.25, 0.3) is 0 Å². The van der Waals surface area contributed by atoms with Gasteiger partial charge in [0.25, 0.3) is 0 Å². The largest absolute Gasteiger partial charge is 0.309 e. The highest BCUT2D eigenvalue weighted by molar-refractivity contribution is 6.02. The number of hydrogen-bond acceptors (Lipinski definition) is 2. The van der Waals surface area contributed by atoms with Gasteiger partial charge in [-0.3, -0.25) is 4.99 Å². The lowest BCUT2D eigenvalue weighted by molar-refractivity contribution is 0.365. The average Bonchev–Trinajstić information content (AvgIpc) is 2.59. The van der Waals surface area contributed by atoms with Crippen LogP contribution in [-0.4, -0.2) is 31.3 Å². The van der Waals surface area contributed by atoms with Crippen LogP contribution in [0.1, 0.15) is 50.5 Å². The van der Waals surface area contributed by atoms with Gasteiger partial charge in [0.05, 0.1) is 5.69 Å². The van der Waals surface area contributed by atoms with E-state index in [0.717, 1.165) is 0 Å². The van der Waals surface area contributed by atoms with Crippen LogP contribution < -0.4 is 0 Å². The number of para-hydroxylation sites is 1. The lowest BCUT2D eigenvalue weighted by atomic mass is 9.71. The molecule has 0 bridgehead atoms. The molecule has 108 valence electrons. The summed E-state index contributed by atoms with van der Waals surface area (Å²) in [5.41, 5.74) is 4.50. The number of hydrogen-bond donors (Lipinski definition) is 0. The molecule has 0 radical (unpaired) electrons. The van der Waals surface area contributed by atoms with E-state index in [0.29, 0.717) is 0 Å². The molecule has 1 heterocycles. The molecule has 1 fully saturated rings. The number of fused-ring (bicyclic) bond motifs is 3. The zero-order valence-electron chi connectivity index (χ0n) is 12.9. The fraction of sp³-hybridized carbons (Fsp3) is 0.611. The van der Waals surface area contributed by atoms with Crippen LogP contribution in [0.5, 0.6) is 0 Å². The highest BCUT2D eigenvalue weighted by Crippen LogP contribution is 2.48. The van der Waals surface area contributed by atoms with Gasteiger partial charge in [0, 0.05) is 11.1 Å². The average molecular weight is 270 g/mol. The van der Waals surface area contributed by atoms with Gasteiger partial charge in [-0.15, -0.1) is 0 Å². The Kier molecular flexibility index (Phi) is 3.93. The van der Waals surface area contributed by atoms with Crippen molar-refractivity contribution in [3.63, 3.8) is 0 Å². The van der Waals surface area contributed by atoms with Crippen molar-refractivity contribution in [1.29, 1.82) is 0 Å². The molecule has 3 rings (SSSR count). The van der Waals surface area contributed by atoms with Gasteiger partial charge in [0.15, 0.2) is 0 Å². The highest BCUT2D eigenvalue weighted by atomic mass is 15.0. The quantitative estimate of drug-likeness (QED) is 0.795. The van der Waals surface area contributed by atoms with E-state index in [9.17, 15) is 0 Å². The van der Waals surface area contributed by atoms with E-state index in [2.05, 4.69) is 43.3 Å². The fourth-order valence-corrected chi connectivity index (χ4v) is 3.95. The molecule has 0 aromatic heterocycles. The molecule has 1 aliphatic heterocycles. The minimum atomic E-state index is 0.267. The Labute approximate surface area is 122 Å². The summed E-state index contributed by atoms with van der Waals surface area (Å²) in [7, 11) is 4.34. The van der Waals surface area contributed by atoms with Crippen LogP contribution in [0.4, 0.5) is 5.69 Å². The second kappa shape index (κ2) is 5.69. The molecule has 1 unspecified atom stereocenters. The van der Waals surface area contributed by atoms with Gasteiger partial charge < -0.3 is 4.90 Å². The Balaban J connectivity index is 1.91. The zero-order chi connectivity index (χ0) is 14.0. The van der Waals surface area contributed by atoms with Crippen LogP contribution in [-0.2, 0) is 5.41 Å². The van der Waals surface area contributed by atoms with Crippen LogP contribution in [0.2, 0.25) is 0 Å². The van der Waals surface area contributed by atoms with Crippen molar-refractivity contribution in [2.45, 2.75) is 50.4 Å². The topological polar surface area (TPSA) is 15.6 Å². The van der Waals surface area contributed by atoms with E-state index < -0.39 is 0 Å².